The highest BCUT2D eigenvalue weighted by molar-refractivity contribution is 6.59. The van der Waals surface area contributed by atoms with Crippen LogP contribution in [0.15, 0.2) is 0 Å². The molecule has 4 heteroatoms. The molecule has 0 amide bonds. The predicted molar refractivity (Wildman–Crippen MR) is 46.8 cm³/mol. The molecule has 0 aromatic rings. The molecule has 0 saturated carbocycles. The summed E-state index contributed by atoms with van der Waals surface area (Å²) in [6, 6.07) is 0. The maximum absolute atomic E-state index is 6.09. The van der Waals surface area contributed by atoms with Crippen LogP contribution in [-0.2, 0) is 9.31 Å². The Morgan fingerprint density at radius 1 is 1.45 bits per heavy atom. The number of hydrogen-bond acceptors (Lipinski definition) is 2. The molecule has 0 aromatic carbocycles. The van der Waals surface area contributed by atoms with Crippen molar-refractivity contribution < 1.29 is 9.31 Å². The smallest absolute Gasteiger partial charge is 0.408 e. The molecule has 0 aromatic heterocycles. The third kappa shape index (κ3) is 2.36. The van der Waals surface area contributed by atoms with Gasteiger partial charge in [0, 0.05) is 0 Å². The summed E-state index contributed by atoms with van der Waals surface area (Å²) in [5.74, 6) is 0.458. The van der Waals surface area contributed by atoms with Crippen LogP contribution in [0.4, 0.5) is 0 Å². The van der Waals surface area contributed by atoms with Crippen LogP contribution in [0.2, 0.25) is 0 Å². The lowest BCUT2D eigenvalue weighted by atomic mass is 9.76. The van der Waals surface area contributed by atoms with Crippen molar-refractivity contribution in [3.8, 4) is 0 Å². The van der Waals surface area contributed by atoms with E-state index in [4.69, 9.17) is 20.9 Å². The highest BCUT2D eigenvalue weighted by Crippen LogP contribution is 2.20. The average molecular weight is 176 g/mol. The Kier molecular flexibility index (Phi) is 3.69. The molecule has 11 heavy (non-hydrogen) atoms. The van der Waals surface area contributed by atoms with Gasteiger partial charge in [-0.1, -0.05) is 20.3 Å². The van der Waals surface area contributed by atoms with Crippen LogP contribution < -0.4 is 0 Å². The molecule has 1 rings (SSSR count). The van der Waals surface area contributed by atoms with E-state index in [-0.39, 0.29) is 12.4 Å². The van der Waals surface area contributed by atoms with Gasteiger partial charge in [-0.05, 0) is 5.92 Å². The molecule has 0 radical (unpaired) electrons. The van der Waals surface area contributed by atoms with E-state index in [1.165, 1.54) is 0 Å². The minimum absolute atomic E-state index is 0.00231. The van der Waals surface area contributed by atoms with Gasteiger partial charge in [0.1, 0.15) is 0 Å². The fraction of sp³-hybridized carbons (Fsp3) is 1.00. The van der Waals surface area contributed by atoms with E-state index in [0.29, 0.717) is 19.1 Å². The zero-order chi connectivity index (χ0) is 8.27. The molecule has 0 unspecified atom stereocenters. The van der Waals surface area contributed by atoms with Gasteiger partial charge in [-0.15, -0.1) is 11.6 Å². The summed E-state index contributed by atoms with van der Waals surface area (Å²) in [5, 5.41) is 0.00231. The van der Waals surface area contributed by atoms with Crippen LogP contribution in [0.5, 0.6) is 0 Å². The second-order valence-electron chi connectivity index (χ2n) is 2.94. The third-order valence-electron chi connectivity index (χ3n) is 2.10. The minimum atomic E-state index is -0.174. The van der Waals surface area contributed by atoms with Crippen molar-refractivity contribution in [2.75, 3.05) is 13.2 Å². The van der Waals surface area contributed by atoms with Crippen LogP contribution in [-0.4, -0.2) is 25.6 Å². The van der Waals surface area contributed by atoms with Crippen molar-refractivity contribution in [2.24, 2.45) is 5.92 Å². The largest absolute Gasteiger partial charge is 0.476 e. The second kappa shape index (κ2) is 4.34. The topological polar surface area (TPSA) is 18.5 Å². The van der Waals surface area contributed by atoms with Crippen LogP contribution in [0, 0.1) is 5.92 Å². The standard InChI is InChI=1S/C7H14BClO2/c1-3-6(2)7(9)8-10-4-5-11-8/h6-7H,3-5H2,1-2H3/t6-,7+/m0/s1. The van der Waals surface area contributed by atoms with Crippen LogP contribution >= 0.6 is 11.6 Å². The van der Waals surface area contributed by atoms with Gasteiger partial charge in [-0.3, -0.25) is 0 Å². The molecule has 0 aliphatic carbocycles. The predicted octanol–water partition coefficient (Wildman–Crippen LogP) is 1.71. The molecule has 1 fully saturated rings. The summed E-state index contributed by atoms with van der Waals surface area (Å²) in [6.07, 6.45) is 1.07. The maximum atomic E-state index is 6.09. The highest BCUT2D eigenvalue weighted by Gasteiger charge is 2.35. The second-order valence-corrected chi connectivity index (χ2v) is 3.44. The Balaban J connectivity index is 2.32. The average Bonchev–Trinajstić information content (AvgIpc) is 2.53. The maximum Gasteiger partial charge on any atom is 0.476 e. The van der Waals surface area contributed by atoms with E-state index >= 15 is 0 Å². The van der Waals surface area contributed by atoms with Gasteiger partial charge < -0.3 is 9.31 Å². The van der Waals surface area contributed by atoms with Crippen LogP contribution in [0.3, 0.4) is 0 Å². The number of alkyl halides is 1. The lowest BCUT2D eigenvalue weighted by Crippen LogP contribution is -2.33. The van der Waals surface area contributed by atoms with Crippen molar-refractivity contribution >= 4 is 18.7 Å². The summed E-state index contributed by atoms with van der Waals surface area (Å²) in [7, 11) is -0.174. The molecular formula is C7H14BClO2. The molecule has 0 N–H and O–H groups in total. The van der Waals surface area contributed by atoms with E-state index in [0.717, 1.165) is 6.42 Å². The van der Waals surface area contributed by atoms with E-state index in [1.807, 2.05) is 0 Å². The SMILES string of the molecule is CC[C@H](C)[C@@H](Cl)B1OCCO1. The Hall–Kier alpha value is 0.275. The highest BCUT2D eigenvalue weighted by atomic mass is 35.5. The lowest BCUT2D eigenvalue weighted by Gasteiger charge is -2.16. The van der Waals surface area contributed by atoms with Gasteiger partial charge in [-0.2, -0.15) is 0 Å². The van der Waals surface area contributed by atoms with Crippen molar-refractivity contribution in [2.45, 2.75) is 25.5 Å². The number of hydrogen-bond donors (Lipinski definition) is 0. The zero-order valence-corrected chi connectivity index (χ0v) is 7.80. The normalized spacial score (nSPS) is 23.7. The fourth-order valence-corrected chi connectivity index (χ4v) is 1.38. The van der Waals surface area contributed by atoms with Gasteiger partial charge in [0.15, 0.2) is 0 Å². The van der Waals surface area contributed by atoms with Gasteiger partial charge in [0.25, 0.3) is 0 Å². The Bertz CT molecular complexity index is 117. The van der Waals surface area contributed by atoms with Crippen molar-refractivity contribution in [3.05, 3.63) is 0 Å². The number of halogens is 1. The van der Waals surface area contributed by atoms with E-state index in [1.54, 1.807) is 0 Å². The Morgan fingerprint density at radius 3 is 2.45 bits per heavy atom. The Labute approximate surface area is 73.3 Å². The third-order valence-corrected chi connectivity index (χ3v) is 2.73. The monoisotopic (exact) mass is 176 g/mol. The summed E-state index contributed by atoms with van der Waals surface area (Å²) in [5.41, 5.74) is 0. The Morgan fingerprint density at radius 2 is 2.00 bits per heavy atom. The molecule has 0 spiro atoms. The lowest BCUT2D eigenvalue weighted by molar-refractivity contribution is 0.355. The first-order valence-electron chi connectivity index (χ1n) is 4.13. The van der Waals surface area contributed by atoms with Crippen molar-refractivity contribution in [1.29, 1.82) is 0 Å². The summed E-state index contributed by atoms with van der Waals surface area (Å²) < 4.78 is 10.6. The summed E-state index contributed by atoms with van der Waals surface area (Å²) in [4.78, 5) is 0. The molecule has 0 bridgehead atoms. The van der Waals surface area contributed by atoms with Crippen molar-refractivity contribution in [3.63, 3.8) is 0 Å². The van der Waals surface area contributed by atoms with Gasteiger partial charge in [-0.25, -0.2) is 0 Å². The quantitative estimate of drug-likeness (QED) is 0.481. The summed E-state index contributed by atoms with van der Waals surface area (Å²) >= 11 is 6.09. The van der Waals surface area contributed by atoms with Gasteiger partial charge in [0.2, 0.25) is 0 Å². The molecule has 2 nitrogen and oxygen atoms in total. The van der Waals surface area contributed by atoms with Crippen LogP contribution in [0.25, 0.3) is 0 Å². The molecule has 64 valence electrons. The van der Waals surface area contributed by atoms with Crippen LogP contribution in [0.1, 0.15) is 20.3 Å². The molecule has 1 heterocycles. The van der Waals surface area contributed by atoms with E-state index in [2.05, 4.69) is 13.8 Å². The molecular weight excluding hydrogens is 162 g/mol. The van der Waals surface area contributed by atoms with E-state index < -0.39 is 0 Å². The fourth-order valence-electron chi connectivity index (χ4n) is 1.05. The molecule has 1 saturated heterocycles. The van der Waals surface area contributed by atoms with Gasteiger partial charge >= 0.3 is 7.12 Å². The first-order chi connectivity index (χ1) is 5.25. The van der Waals surface area contributed by atoms with Gasteiger partial charge in [0.05, 0.1) is 18.5 Å². The molecule has 2 atom stereocenters. The molecule has 1 aliphatic rings. The summed E-state index contributed by atoms with van der Waals surface area (Å²) in [6.45, 7) is 5.60. The first-order valence-corrected chi connectivity index (χ1v) is 4.56. The van der Waals surface area contributed by atoms with E-state index in [9.17, 15) is 0 Å². The zero-order valence-electron chi connectivity index (χ0n) is 7.05. The van der Waals surface area contributed by atoms with Crippen molar-refractivity contribution in [1.82, 2.24) is 0 Å². The number of rotatable bonds is 3. The molecule has 1 aliphatic heterocycles. The minimum Gasteiger partial charge on any atom is -0.408 e. The first kappa shape index (κ1) is 9.36.